The molecule has 0 bridgehead atoms. The Kier molecular flexibility index (Phi) is 8.17. The zero-order valence-corrected chi connectivity index (χ0v) is 24.7. The van der Waals surface area contributed by atoms with E-state index in [1.54, 1.807) is 40.5 Å². The van der Waals surface area contributed by atoms with E-state index in [0.717, 1.165) is 25.2 Å². The normalized spacial score (nSPS) is 13.9. The van der Waals surface area contributed by atoms with Gasteiger partial charge in [0.05, 0.1) is 17.0 Å². The van der Waals surface area contributed by atoms with Crippen molar-refractivity contribution in [1.82, 2.24) is 29.6 Å². The van der Waals surface area contributed by atoms with Crippen molar-refractivity contribution in [2.45, 2.75) is 24.0 Å². The Labute approximate surface area is 254 Å². The molecule has 1 aliphatic heterocycles. The highest BCUT2D eigenvalue weighted by molar-refractivity contribution is 7.98. The predicted octanol–water partition coefficient (Wildman–Crippen LogP) is 6.37. The average molecular weight is 622 g/mol. The Balaban J connectivity index is 1.17. The van der Waals surface area contributed by atoms with E-state index < -0.39 is 11.7 Å². The Morgan fingerprint density at radius 3 is 2.49 bits per heavy atom. The van der Waals surface area contributed by atoms with Crippen LogP contribution in [0.4, 0.5) is 18.9 Å². The maximum atomic E-state index is 13.5. The third-order valence-corrected chi connectivity index (χ3v) is 9.09. The number of thioether (sulfide) groups is 1. The van der Waals surface area contributed by atoms with E-state index in [4.69, 9.17) is 0 Å². The fourth-order valence-corrected chi connectivity index (χ4v) is 6.68. The molecular weight excluding hydrogens is 596 g/mol. The van der Waals surface area contributed by atoms with Crippen molar-refractivity contribution in [3.8, 4) is 17.1 Å². The van der Waals surface area contributed by atoms with Gasteiger partial charge in [0.25, 0.3) is 5.91 Å². The fraction of sp³-hybridized carbons (Fsp3) is 0.233. The van der Waals surface area contributed by atoms with Crippen molar-refractivity contribution < 1.29 is 18.0 Å². The monoisotopic (exact) mass is 621 g/mol. The second-order valence-corrected chi connectivity index (χ2v) is 11.8. The molecule has 1 amide bonds. The molecule has 0 radical (unpaired) electrons. The molecule has 0 N–H and O–H groups in total. The van der Waals surface area contributed by atoms with Crippen molar-refractivity contribution in [3.63, 3.8) is 0 Å². The van der Waals surface area contributed by atoms with Crippen molar-refractivity contribution in [2.24, 2.45) is 0 Å². The molecular formula is C30H26F3N7OS2. The summed E-state index contributed by atoms with van der Waals surface area (Å²) in [5, 5.41) is 11.5. The number of carbonyl (C=O) groups is 1. The molecule has 0 saturated carbocycles. The summed E-state index contributed by atoms with van der Waals surface area (Å²) in [6.45, 7) is 4.78. The summed E-state index contributed by atoms with van der Waals surface area (Å²) < 4.78 is 42.2. The number of aromatic nitrogens is 5. The smallest absolute Gasteiger partial charge is 0.368 e. The number of piperazine rings is 1. The van der Waals surface area contributed by atoms with Crippen LogP contribution in [0.3, 0.4) is 0 Å². The van der Waals surface area contributed by atoms with Gasteiger partial charge in [0.15, 0.2) is 11.0 Å². The van der Waals surface area contributed by atoms with E-state index in [0.29, 0.717) is 46.1 Å². The number of benzene rings is 2. The van der Waals surface area contributed by atoms with Crippen molar-refractivity contribution in [1.29, 1.82) is 0 Å². The number of carbonyl (C=O) groups excluding carboxylic acids is 1. The molecule has 1 aliphatic rings. The Bertz CT molecular complexity index is 1730. The maximum Gasteiger partial charge on any atom is 0.416 e. The van der Waals surface area contributed by atoms with Gasteiger partial charge in [-0.05, 0) is 48.9 Å². The first-order valence-electron chi connectivity index (χ1n) is 13.5. The van der Waals surface area contributed by atoms with Gasteiger partial charge in [-0.3, -0.25) is 14.3 Å². The number of nitrogens with zero attached hydrogens (tertiary/aromatic N) is 7. The molecule has 2 aromatic carbocycles. The molecule has 4 heterocycles. The Morgan fingerprint density at radius 2 is 1.74 bits per heavy atom. The number of hydrogen-bond acceptors (Lipinski definition) is 8. The van der Waals surface area contributed by atoms with Gasteiger partial charge in [-0.1, -0.05) is 36.0 Å². The van der Waals surface area contributed by atoms with Gasteiger partial charge in [-0.15, -0.1) is 21.5 Å². The number of alkyl halides is 3. The van der Waals surface area contributed by atoms with Gasteiger partial charge in [-0.25, -0.2) is 4.98 Å². The van der Waals surface area contributed by atoms with Gasteiger partial charge in [-0.2, -0.15) is 13.2 Å². The van der Waals surface area contributed by atoms with E-state index in [1.807, 2.05) is 17.0 Å². The van der Waals surface area contributed by atoms with Crippen molar-refractivity contribution >= 4 is 34.7 Å². The van der Waals surface area contributed by atoms with Gasteiger partial charge < -0.3 is 9.80 Å². The highest BCUT2D eigenvalue weighted by Gasteiger charge is 2.31. The van der Waals surface area contributed by atoms with Crippen LogP contribution in [0, 0.1) is 6.92 Å². The number of halogens is 3. The van der Waals surface area contributed by atoms with Crippen LogP contribution < -0.4 is 4.90 Å². The first kappa shape index (κ1) is 28.9. The summed E-state index contributed by atoms with van der Waals surface area (Å²) in [4.78, 5) is 26.0. The third-order valence-electron chi connectivity index (χ3n) is 7.12. The molecule has 13 heteroatoms. The minimum absolute atomic E-state index is 0.107. The van der Waals surface area contributed by atoms with Gasteiger partial charge in [0.1, 0.15) is 10.7 Å². The zero-order valence-electron chi connectivity index (χ0n) is 23.0. The number of aryl methyl sites for hydroxylation is 1. The second kappa shape index (κ2) is 12.2. The van der Waals surface area contributed by atoms with E-state index in [-0.39, 0.29) is 11.6 Å². The molecule has 0 unspecified atom stereocenters. The molecule has 8 nitrogen and oxygen atoms in total. The maximum absolute atomic E-state index is 13.5. The quantitative estimate of drug-likeness (QED) is 0.196. The van der Waals surface area contributed by atoms with E-state index in [2.05, 4.69) is 44.1 Å². The summed E-state index contributed by atoms with van der Waals surface area (Å²) in [6, 6.07) is 16.7. The SMILES string of the molecule is Cc1ccccc1N1CCN(C(=O)c2csc(CSc3nnc(-c4ccncc4)n3-c3cccc(C(F)(F)F)c3)n2)CC1. The second-order valence-electron chi connectivity index (χ2n) is 9.91. The standard InChI is InChI=1S/C30H26F3N7OS2/c1-20-5-2-3-8-25(20)38-13-15-39(16-14-38)28(41)24-18-42-26(35-24)19-43-29-37-36-27(21-9-11-34-12-10-21)40(29)23-7-4-6-22(17-23)30(31,32)33/h2-12,17-18H,13-16,19H2,1H3. The summed E-state index contributed by atoms with van der Waals surface area (Å²) in [7, 11) is 0. The summed E-state index contributed by atoms with van der Waals surface area (Å²) in [6.07, 6.45) is -1.32. The number of rotatable bonds is 7. The molecule has 6 rings (SSSR count). The molecule has 220 valence electrons. The largest absolute Gasteiger partial charge is 0.416 e. The minimum atomic E-state index is -4.49. The van der Waals surface area contributed by atoms with Gasteiger partial charge >= 0.3 is 6.18 Å². The topological polar surface area (TPSA) is 80.0 Å². The predicted molar refractivity (Wildman–Crippen MR) is 161 cm³/mol. The highest BCUT2D eigenvalue weighted by Crippen LogP contribution is 2.34. The first-order valence-corrected chi connectivity index (χ1v) is 15.3. The number of pyridine rings is 1. The fourth-order valence-electron chi connectivity index (χ4n) is 4.94. The van der Waals surface area contributed by atoms with Gasteiger partial charge in [0.2, 0.25) is 0 Å². The molecule has 5 aromatic rings. The van der Waals surface area contributed by atoms with Crippen LogP contribution in [0.1, 0.15) is 26.6 Å². The molecule has 1 saturated heterocycles. The van der Waals surface area contributed by atoms with Crippen LogP contribution in [0.5, 0.6) is 0 Å². The summed E-state index contributed by atoms with van der Waals surface area (Å²) in [5.41, 5.74) is 2.97. The van der Waals surface area contributed by atoms with Gasteiger partial charge in [0, 0.05) is 55.2 Å². The first-order chi connectivity index (χ1) is 20.8. The third kappa shape index (κ3) is 6.27. The Hall–Kier alpha value is -4.23. The molecule has 43 heavy (non-hydrogen) atoms. The number of para-hydroxylation sites is 1. The zero-order chi connectivity index (χ0) is 30.0. The lowest BCUT2D eigenvalue weighted by molar-refractivity contribution is -0.137. The molecule has 0 atom stereocenters. The number of hydrogen-bond donors (Lipinski definition) is 0. The summed E-state index contributed by atoms with van der Waals surface area (Å²) in [5.74, 6) is 0.653. The van der Waals surface area contributed by atoms with E-state index in [9.17, 15) is 18.0 Å². The van der Waals surface area contributed by atoms with E-state index in [1.165, 1.54) is 40.4 Å². The molecule has 0 spiro atoms. The van der Waals surface area contributed by atoms with Crippen LogP contribution in [0.2, 0.25) is 0 Å². The number of thiazole rings is 1. The van der Waals surface area contributed by atoms with Crippen LogP contribution in [-0.2, 0) is 11.9 Å². The van der Waals surface area contributed by atoms with Crippen LogP contribution in [-0.4, -0.2) is 61.7 Å². The lowest BCUT2D eigenvalue weighted by Crippen LogP contribution is -2.49. The average Bonchev–Trinajstić information content (AvgIpc) is 3.68. The Morgan fingerprint density at radius 1 is 0.977 bits per heavy atom. The lowest BCUT2D eigenvalue weighted by atomic mass is 10.1. The highest BCUT2D eigenvalue weighted by atomic mass is 32.2. The van der Waals surface area contributed by atoms with Crippen LogP contribution >= 0.6 is 23.1 Å². The minimum Gasteiger partial charge on any atom is -0.368 e. The molecule has 1 fully saturated rings. The molecule has 3 aromatic heterocycles. The van der Waals surface area contributed by atoms with Crippen molar-refractivity contribution in [3.05, 3.63) is 100 Å². The number of amides is 1. The summed E-state index contributed by atoms with van der Waals surface area (Å²) >= 11 is 2.66. The van der Waals surface area contributed by atoms with E-state index >= 15 is 0 Å². The number of anilines is 1. The van der Waals surface area contributed by atoms with Crippen LogP contribution in [0.15, 0.2) is 83.6 Å². The van der Waals surface area contributed by atoms with Crippen LogP contribution in [0.25, 0.3) is 17.1 Å². The lowest BCUT2D eigenvalue weighted by Gasteiger charge is -2.36. The van der Waals surface area contributed by atoms with Crippen molar-refractivity contribution in [2.75, 3.05) is 31.1 Å². The molecule has 0 aliphatic carbocycles.